The zero-order valence-electron chi connectivity index (χ0n) is 20.7. The molecule has 0 aromatic carbocycles. The first-order chi connectivity index (χ1) is 18.3. The second kappa shape index (κ2) is 9.63. The highest BCUT2D eigenvalue weighted by atomic mass is 19.3. The Hall–Kier alpha value is -4.13. The largest absolute Gasteiger partial charge is 0.422 e. The molecule has 0 atom stereocenters. The number of carbonyl (C=O) groups is 1. The van der Waals surface area contributed by atoms with Gasteiger partial charge in [-0.05, 0) is 12.1 Å². The van der Waals surface area contributed by atoms with E-state index in [0.29, 0.717) is 55.1 Å². The van der Waals surface area contributed by atoms with Crippen LogP contribution in [0.25, 0.3) is 22.5 Å². The molecule has 0 spiro atoms. The quantitative estimate of drug-likeness (QED) is 0.420. The summed E-state index contributed by atoms with van der Waals surface area (Å²) in [4.78, 5) is 30.9. The van der Waals surface area contributed by atoms with Gasteiger partial charge in [-0.25, -0.2) is 18.7 Å². The molecule has 2 aliphatic rings. The number of fused-ring (bicyclic) bond motifs is 1. The average molecular weight is 525 g/mol. The van der Waals surface area contributed by atoms with Crippen molar-refractivity contribution in [2.45, 2.75) is 18.8 Å². The van der Waals surface area contributed by atoms with Crippen LogP contribution in [0.2, 0.25) is 0 Å². The molecule has 4 aromatic heterocycles. The van der Waals surface area contributed by atoms with Crippen LogP contribution in [0.3, 0.4) is 0 Å². The van der Waals surface area contributed by atoms with Crippen LogP contribution in [0, 0.1) is 0 Å². The molecule has 4 aromatic rings. The van der Waals surface area contributed by atoms with Crippen LogP contribution in [-0.4, -0.2) is 76.0 Å². The molecule has 6 rings (SSSR count). The van der Waals surface area contributed by atoms with Crippen molar-refractivity contribution in [1.82, 2.24) is 24.7 Å². The molecule has 6 heterocycles. The fourth-order valence-electron chi connectivity index (χ4n) is 4.59. The summed E-state index contributed by atoms with van der Waals surface area (Å²) in [6.45, 7) is 2.47. The van der Waals surface area contributed by atoms with Gasteiger partial charge in [0.15, 0.2) is 5.58 Å². The lowest BCUT2D eigenvalue weighted by Crippen LogP contribution is -2.40. The third-order valence-electron chi connectivity index (χ3n) is 6.66. The Labute approximate surface area is 216 Å². The fourth-order valence-corrected chi connectivity index (χ4v) is 4.59. The van der Waals surface area contributed by atoms with Crippen molar-refractivity contribution in [3.63, 3.8) is 0 Å². The zero-order valence-corrected chi connectivity index (χ0v) is 20.7. The molecule has 1 N–H and O–H groups in total. The Morgan fingerprint density at radius 2 is 1.84 bits per heavy atom. The van der Waals surface area contributed by atoms with Gasteiger partial charge in [0.1, 0.15) is 11.6 Å². The number of aryl methyl sites for hydroxylation is 1. The Balaban J connectivity index is 1.34. The predicted octanol–water partition coefficient (Wildman–Crippen LogP) is 3.34. The van der Waals surface area contributed by atoms with Crippen LogP contribution in [0.1, 0.15) is 23.2 Å². The first-order valence-electron chi connectivity index (χ1n) is 12.4. The second-order valence-corrected chi connectivity index (χ2v) is 9.39. The minimum atomic E-state index is -2.74. The SMILES string of the molecule is Cn1cc(-c2cccc(NC(=O)c3cc4oc(N5CCOCC5)nc4nc3N3CCC(F)(F)CC3)n2)cn1. The van der Waals surface area contributed by atoms with Crippen molar-refractivity contribution >= 4 is 34.8 Å². The molecule has 2 fully saturated rings. The minimum absolute atomic E-state index is 0.0642. The van der Waals surface area contributed by atoms with Gasteiger partial charge >= 0.3 is 0 Å². The van der Waals surface area contributed by atoms with E-state index in [4.69, 9.17) is 9.15 Å². The lowest BCUT2D eigenvalue weighted by Gasteiger charge is -2.33. The van der Waals surface area contributed by atoms with Crippen molar-refractivity contribution < 1.29 is 22.7 Å². The summed E-state index contributed by atoms with van der Waals surface area (Å²) in [5.41, 5.74) is 2.29. The third kappa shape index (κ3) is 4.88. The number of hydrogen-bond acceptors (Lipinski definition) is 9. The maximum absolute atomic E-state index is 13.9. The smallest absolute Gasteiger partial charge is 0.300 e. The molecule has 38 heavy (non-hydrogen) atoms. The molecule has 1 amide bonds. The molecule has 0 saturated carbocycles. The fraction of sp³-hybridized carbons (Fsp3) is 0.400. The van der Waals surface area contributed by atoms with Crippen molar-refractivity contribution in [2.75, 3.05) is 54.5 Å². The number of rotatable bonds is 5. The Bertz CT molecular complexity index is 1470. The summed E-state index contributed by atoms with van der Waals surface area (Å²) in [7, 11) is 1.81. The number of anilines is 3. The molecular weight excluding hydrogens is 498 g/mol. The van der Waals surface area contributed by atoms with E-state index in [0.717, 1.165) is 5.56 Å². The molecule has 0 unspecified atom stereocenters. The van der Waals surface area contributed by atoms with E-state index < -0.39 is 11.8 Å². The van der Waals surface area contributed by atoms with E-state index in [-0.39, 0.29) is 37.3 Å². The summed E-state index contributed by atoms with van der Waals surface area (Å²) in [5, 5.41) is 6.99. The van der Waals surface area contributed by atoms with Gasteiger partial charge in [0.25, 0.3) is 17.8 Å². The molecule has 0 bridgehead atoms. The van der Waals surface area contributed by atoms with E-state index in [9.17, 15) is 13.6 Å². The number of oxazole rings is 1. The van der Waals surface area contributed by atoms with Gasteiger partial charge in [-0.15, -0.1) is 0 Å². The van der Waals surface area contributed by atoms with E-state index >= 15 is 0 Å². The van der Waals surface area contributed by atoms with E-state index in [2.05, 4.69) is 25.4 Å². The maximum atomic E-state index is 13.9. The number of aromatic nitrogens is 5. The summed E-state index contributed by atoms with van der Waals surface area (Å²) in [6, 6.07) is 7.24. The standard InChI is InChI=1S/C25H26F2N8O3/c1-33-15-16(14-28-33)18-3-2-4-20(29-18)30-23(36)17-13-19-21(32-24(38-19)35-9-11-37-12-10-35)31-22(17)34-7-5-25(26,27)6-8-34/h2-4,13-15H,5-12H2,1H3,(H,29,30,36). The van der Waals surface area contributed by atoms with Gasteiger partial charge in [0.05, 0.1) is 30.7 Å². The third-order valence-corrected chi connectivity index (χ3v) is 6.66. The van der Waals surface area contributed by atoms with Gasteiger partial charge in [-0.1, -0.05) is 6.07 Å². The lowest BCUT2D eigenvalue weighted by atomic mass is 10.1. The van der Waals surface area contributed by atoms with E-state index in [1.54, 1.807) is 34.0 Å². The zero-order chi connectivity index (χ0) is 26.3. The number of hydrogen-bond donors (Lipinski definition) is 1. The number of alkyl halides is 2. The normalized spacial score (nSPS) is 17.7. The molecule has 198 valence electrons. The van der Waals surface area contributed by atoms with E-state index in [1.165, 1.54) is 0 Å². The first-order valence-corrected chi connectivity index (χ1v) is 12.4. The summed E-state index contributed by atoms with van der Waals surface area (Å²) >= 11 is 0. The van der Waals surface area contributed by atoms with Crippen molar-refractivity contribution in [3.8, 4) is 11.3 Å². The van der Waals surface area contributed by atoms with Gasteiger partial charge < -0.3 is 24.3 Å². The summed E-state index contributed by atoms with van der Waals surface area (Å²) in [6.07, 6.45) is 2.87. The number of ether oxygens (including phenoxy) is 1. The topological polar surface area (TPSA) is 114 Å². The molecule has 2 saturated heterocycles. The van der Waals surface area contributed by atoms with Crippen molar-refractivity contribution in [1.29, 1.82) is 0 Å². The number of nitrogens with one attached hydrogen (secondary N) is 1. The molecule has 0 aliphatic carbocycles. The Kier molecular flexibility index (Phi) is 6.14. The van der Waals surface area contributed by atoms with Gasteiger partial charge in [0, 0.05) is 63.9 Å². The maximum Gasteiger partial charge on any atom is 0.300 e. The van der Waals surface area contributed by atoms with Gasteiger partial charge in [-0.3, -0.25) is 9.48 Å². The molecule has 11 nitrogen and oxygen atoms in total. The molecule has 13 heteroatoms. The van der Waals surface area contributed by atoms with Crippen molar-refractivity contribution in [3.05, 3.63) is 42.2 Å². The van der Waals surface area contributed by atoms with E-state index in [1.807, 2.05) is 24.2 Å². The predicted molar refractivity (Wildman–Crippen MR) is 136 cm³/mol. The Morgan fingerprint density at radius 3 is 2.58 bits per heavy atom. The van der Waals surface area contributed by atoms with Crippen LogP contribution in [0.5, 0.6) is 0 Å². The minimum Gasteiger partial charge on any atom is -0.422 e. The van der Waals surface area contributed by atoms with Gasteiger partial charge in [-0.2, -0.15) is 10.1 Å². The van der Waals surface area contributed by atoms with Crippen LogP contribution in [0.15, 0.2) is 41.1 Å². The number of morpholine rings is 1. The number of carbonyl (C=O) groups excluding carboxylic acids is 1. The molecule has 2 aliphatic heterocycles. The second-order valence-electron chi connectivity index (χ2n) is 9.39. The Morgan fingerprint density at radius 1 is 1.05 bits per heavy atom. The van der Waals surface area contributed by atoms with Crippen LogP contribution in [-0.2, 0) is 11.8 Å². The highest BCUT2D eigenvalue weighted by Gasteiger charge is 2.36. The molecule has 0 radical (unpaired) electrons. The van der Waals surface area contributed by atoms with Crippen LogP contribution < -0.4 is 15.1 Å². The summed E-state index contributed by atoms with van der Waals surface area (Å²) in [5.74, 6) is -2.60. The van der Waals surface area contributed by atoms with Crippen molar-refractivity contribution in [2.24, 2.45) is 7.05 Å². The molecular formula is C25H26F2N8O3. The summed E-state index contributed by atoms with van der Waals surface area (Å²) < 4.78 is 40.8. The number of halogens is 2. The van der Waals surface area contributed by atoms with Crippen LogP contribution >= 0.6 is 0 Å². The van der Waals surface area contributed by atoms with Gasteiger partial charge in [0.2, 0.25) is 5.65 Å². The average Bonchev–Trinajstić information content (AvgIpc) is 3.54. The monoisotopic (exact) mass is 524 g/mol. The van der Waals surface area contributed by atoms with Crippen LogP contribution in [0.4, 0.5) is 26.4 Å². The highest BCUT2D eigenvalue weighted by molar-refractivity contribution is 6.08. The number of nitrogens with zero attached hydrogens (tertiary/aromatic N) is 7. The first kappa shape index (κ1) is 24.2. The number of amides is 1. The lowest BCUT2D eigenvalue weighted by molar-refractivity contribution is -0.0221. The number of piperidine rings is 1. The highest BCUT2D eigenvalue weighted by Crippen LogP contribution is 2.33. The number of pyridine rings is 2.